The maximum absolute atomic E-state index is 4.80. The van der Waals surface area contributed by atoms with Gasteiger partial charge >= 0.3 is 0 Å². The first-order chi connectivity index (χ1) is 8.52. The molecule has 1 aromatic heterocycles. The number of hydrogen-bond acceptors (Lipinski definition) is 2. The van der Waals surface area contributed by atoms with Crippen molar-refractivity contribution in [3.05, 3.63) is 34.9 Å². The Morgan fingerprint density at radius 1 is 1.17 bits per heavy atom. The van der Waals surface area contributed by atoms with Crippen LogP contribution >= 0.6 is 0 Å². The Bertz CT molecular complexity index is 571. The van der Waals surface area contributed by atoms with Gasteiger partial charge in [-0.1, -0.05) is 19.9 Å². The molecule has 0 bridgehead atoms. The number of aromatic nitrogens is 1. The van der Waals surface area contributed by atoms with Crippen LogP contribution in [0.25, 0.3) is 10.9 Å². The molecule has 2 rings (SSSR count). The maximum Gasteiger partial charge on any atom is 0.130 e. The molecular formula is C16H22N2. The molecule has 0 unspecified atom stereocenters. The van der Waals surface area contributed by atoms with E-state index in [2.05, 4.69) is 58.1 Å². The minimum Gasteiger partial charge on any atom is -0.370 e. The Morgan fingerprint density at radius 3 is 2.50 bits per heavy atom. The number of fused-ring (bicyclic) bond motifs is 1. The highest BCUT2D eigenvalue weighted by atomic mass is 15.0. The molecule has 2 heteroatoms. The molecule has 0 aliphatic rings. The van der Waals surface area contributed by atoms with Crippen molar-refractivity contribution in [2.24, 2.45) is 0 Å². The van der Waals surface area contributed by atoms with E-state index in [1.54, 1.807) is 0 Å². The highest BCUT2D eigenvalue weighted by Gasteiger charge is 2.11. The van der Waals surface area contributed by atoms with Crippen molar-refractivity contribution >= 4 is 16.7 Å². The van der Waals surface area contributed by atoms with Crippen LogP contribution in [-0.4, -0.2) is 11.5 Å². The Hall–Kier alpha value is -1.57. The zero-order chi connectivity index (χ0) is 13.3. The summed E-state index contributed by atoms with van der Waals surface area (Å²) in [4.78, 5) is 4.80. The Labute approximate surface area is 109 Å². The Morgan fingerprint density at radius 2 is 1.89 bits per heavy atom. The highest BCUT2D eigenvalue weighted by Crippen LogP contribution is 2.29. The summed E-state index contributed by atoms with van der Waals surface area (Å²) in [7, 11) is 0. The minimum atomic E-state index is 0.483. The Kier molecular flexibility index (Phi) is 3.55. The first-order valence-corrected chi connectivity index (χ1v) is 6.68. The van der Waals surface area contributed by atoms with Crippen LogP contribution in [0, 0.1) is 13.8 Å². The summed E-state index contributed by atoms with van der Waals surface area (Å²) in [5.41, 5.74) is 4.97. The van der Waals surface area contributed by atoms with Crippen molar-refractivity contribution in [1.29, 1.82) is 0 Å². The fourth-order valence-corrected chi connectivity index (χ4v) is 2.39. The molecule has 0 saturated carbocycles. The number of rotatable bonds is 3. The first kappa shape index (κ1) is 12.9. The third-order valence-electron chi connectivity index (χ3n) is 3.28. The van der Waals surface area contributed by atoms with Gasteiger partial charge in [0.1, 0.15) is 5.82 Å². The molecule has 0 saturated heterocycles. The molecule has 0 spiro atoms. The standard InChI is InChI=1S/C16H22N2/c1-6-17-16-13(10(2)3)9-14-12(5)7-11(4)8-15(14)18-16/h7-10H,6H2,1-5H3,(H,17,18). The second kappa shape index (κ2) is 4.97. The molecule has 0 amide bonds. The van der Waals surface area contributed by atoms with Crippen LogP contribution in [-0.2, 0) is 0 Å². The average Bonchev–Trinajstić information content (AvgIpc) is 2.27. The van der Waals surface area contributed by atoms with Crippen LogP contribution in [0.4, 0.5) is 5.82 Å². The lowest BCUT2D eigenvalue weighted by molar-refractivity contribution is 0.861. The minimum absolute atomic E-state index is 0.483. The second-order valence-corrected chi connectivity index (χ2v) is 5.26. The summed E-state index contributed by atoms with van der Waals surface area (Å²) in [6.45, 7) is 11.7. The van der Waals surface area contributed by atoms with Gasteiger partial charge in [0.05, 0.1) is 5.52 Å². The summed E-state index contributed by atoms with van der Waals surface area (Å²) in [6, 6.07) is 6.67. The van der Waals surface area contributed by atoms with Gasteiger partial charge in [-0.25, -0.2) is 4.98 Å². The zero-order valence-corrected chi connectivity index (χ0v) is 12.0. The van der Waals surface area contributed by atoms with E-state index in [9.17, 15) is 0 Å². The molecule has 2 nitrogen and oxygen atoms in total. The monoisotopic (exact) mass is 242 g/mol. The molecule has 0 aliphatic heterocycles. The number of nitrogens with one attached hydrogen (secondary N) is 1. The fraction of sp³-hybridized carbons (Fsp3) is 0.438. The molecule has 1 heterocycles. The van der Waals surface area contributed by atoms with Crippen molar-refractivity contribution in [2.75, 3.05) is 11.9 Å². The number of pyridine rings is 1. The van der Waals surface area contributed by atoms with Crippen molar-refractivity contribution < 1.29 is 0 Å². The normalized spacial score (nSPS) is 11.2. The van der Waals surface area contributed by atoms with Gasteiger partial charge in [-0.05, 0) is 55.5 Å². The zero-order valence-electron chi connectivity index (χ0n) is 12.0. The van der Waals surface area contributed by atoms with Gasteiger partial charge < -0.3 is 5.32 Å². The molecule has 2 aromatic rings. The third kappa shape index (κ3) is 2.33. The Balaban J connectivity index is 2.72. The smallest absolute Gasteiger partial charge is 0.130 e. The molecular weight excluding hydrogens is 220 g/mol. The molecule has 1 N–H and O–H groups in total. The molecule has 0 radical (unpaired) electrons. The predicted octanol–water partition coefficient (Wildman–Crippen LogP) is 4.41. The topological polar surface area (TPSA) is 24.9 Å². The SMILES string of the molecule is CCNc1nc2cc(C)cc(C)c2cc1C(C)C. The van der Waals surface area contributed by atoms with Crippen molar-refractivity contribution in [3.63, 3.8) is 0 Å². The van der Waals surface area contributed by atoms with E-state index >= 15 is 0 Å². The number of hydrogen-bond donors (Lipinski definition) is 1. The van der Waals surface area contributed by atoms with Gasteiger partial charge in [0, 0.05) is 11.9 Å². The molecule has 0 fully saturated rings. The number of aryl methyl sites for hydroxylation is 2. The lowest BCUT2D eigenvalue weighted by atomic mass is 9.98. The summed E-state index contributed by atoms with van der Waals surface area (Å²) in [5, 5.41) is 4.65. The van der Waals surface area contributed by atoms with Gasteiger partial charge in [-0.3, -0.25) is 0 Å². The number of anilines is 1. The molecule has 0 aliphatic carbocycles. The third-order valence-corrected chi connectivity index (χ3v) is 3.28. The summed E-state index contributed by atoms with van der Waals surface area (Å²) in [6.07, 6.45) is 0. The van der Waals surface area contributed by atoms with E-state index < -0.39 is 0 Å². The summed E-state index contributed by atoms with van der Waals surface area (Å²) >= 11 is 0. The van der Waals surface area contributed by atoms with Gasteiger partial charge in [-0.15, -0.1) is 0 Å². The summed E-state index contributed by atoms with van der Waals surface area (Å²) < 4.78 is 0. The molecule has 96 valence electrons. The van der Waals surface area contributed by atoms with E-state index in [1.165, 1.54) is 22.1 Å². The van der Waals surface area contributed by atoms with E-state index in [0.717, 1.165) is 17.9 Å². The molecule has 1 aromatic carbocycles. The lowest BCUT2D eigenvalue weighted by Gasteiger charge is -2.15. The lowest BCUT2D eigenvalue weighted by Crippen LogP contribution is -2.05. The van der Waals surface area contributed by atoms with E-state index in [4.69, 9.17) is 4.98 Å². The number of benzene rings is 1. The van der Waals surface area contributed by atoms with E-state index in [1.807, 2.05) is 0 Å². The number of nitrogens with zero attached hydrogens (tertiary/aromatic N) is 1. The van der Waals surface area contributed by atoms with Gasteiger partial charge in [0.25, 0.3) is 0 Å². The first-order valence-electron chi connectivity index (χ1n) is 6.68. The van der Waals surface area contributed by atoms with Crippen LogP contribution in [0.2, 0.25) is 0 Å². The van der Waals surface area contributed by atoms with Gasteiger partial charge in [0.2, 0.25) is 0 Å². The molecule has 0 atom stereocenters. The van der Waals surface area contributed by atoms with E-state index in [0.29, 0.717) is 5.92 Å². The second-order valence-electron chi connectivity index (χ2n) is 5.26. The van der Waals surface area contributed by atoms with Crippen molar-refractivity contribution in [3.8, 4) is 0 Å². The van der Waals surface area contributed by atoms with Crippen LogP contribution in [0.1, 0.15) is 43.4 Å². The average molecular weight is 242 g/mol. The maximum atomic E-state index is 4.80. The van der Waals surface area contributed by atoms with Crippen molar-refractivity contribution in [2.45, 2.75) is 40.5 Å². The van der Waals surface area contributed by atoms with Gasteiger partial charge in [-0.2, -0.15) is 0 Å². The van der Waals surface area contributed by atoms with Crippen LogP contribution in [0.3, 0.4) is 0 Å². The summed E-state index contributed by atoms with van der Waals surface area (Å²) in [5.74, 6) is 1.52. The van der Waals surface area contributed by atoms with E-state index in [-0.39, 0.29) is 0 Å². The predicted molar refractivity (Wildman–Crippen MR) is 79.5 cm³/mol. The largest absolute Gasteiger partial charge is 0.370 e. The van der Waals surface area contributed by atoms with Crippen LogP contribution in [0.5, 0.6) is 0 Å². The van der Waals surface area contributed by atoms with Crippen LogP contribution < -0.4 is 5.32 Å². The highest BCUT2D eigenvalue weighted by molar-refractivity contribution is 5.85. The van der Waals surface area contributed by atoms with Crippen molar-refractivity contribution in [1.82, 2.24) is 4.98 Å². The van der Waals surface area contributed by atoms with Crippen LogP contribution in [0.15, 0.2) is 18.2 Å². The molecule has 18 heavy (non-hydrogen) atoms. The van der Waals surface area contributed by atoms with Gasteiger partial charge in [0.15, 0.2) is 0 Å². The quantitative estimate of drug-likeness (QED) is 0.862. The fourth-order valence-electron chi connectivity index (χ4n) is 2.39.